The quantitative estimate of drug-likeness (QED) is 0.611. The second kappa shape index (κ2) is 6.32. The predicted molar refractivity (Wildman–Crippen MR) is 96.1 cm³/mol. The van der Waals surface area contributed by atoms with Gasteiger partial charge < -0.3 is 9.84 Å². The highest BCUT2D eigenvalue weighted by atomic mass is 16.5. The fraction of sp³-hybridized carbons (Fsp3) is 0.158. The van der Waals surface area contributed by atoms with Crippen LogP contribution < -0.4 is 5.32 Å². The van der Waals surface area contributed by atoms with E-state index in [1.165, 1.54) is 0 Å². The molecule has 0 atom stereocenters. The molecule has 3 aromatic heterocycles. The zero-order valence-electron chi connectivity index (χ0n) is 14.0. The molecule has 0 radical (unpaired) electrons. The van der Waals surface area contributed by atoms with Crippen LogP contribution in [0, 0.1) is 13.8 Å². The highest BCUT2D eigenvalue weighted by molar-refractivity contribution is 5.90. The molecule has 0 unspecified atom stereocenters. The van der Waals surface area contributed by atoms with Gasteiger partial charge in [0.1, 0.15) is 11.6 Å². The predicted octanol–water partition coefficient (Wildman–Crippen LogP) is 3.91. The summed E-state index contributed by atoms with van der Waals surface area (Å²) in [6.07, 6.45) is 3.50. The normalized spacial score (nSPS) is 11.0. The highest BCUT2D eigenvalue weighted by Crippen LogP contribution is 2.25. The summed E-state index contributed by atoms with van der Waals surface area (Å²) in [6, 6.07) is 11.8. The number of aromatic nitrogens is 4. The maximum atomic E-state index is 5.23. The average Bonchev–Trinajstić information content (AvgIpc) is 2.98. The van der Waals surface area contributed by atoms with E-state index in [0.29, 0.717) is 12.4 Å². The van der Waals surface area contributed by atoms with Gasteiger partial charge in [-0.1, -0.05) is 17.3 Å². The van der Waals surface area contributed by atoms with E-state index in [1.54, 1.807) is 12.4 Å². The number of fused-ring (bicyclic) bond motifs is 1. The lowest BCUT2D eigenvalue weighted by Crippen LogP contribution is -2.05. The largest absolute Gasteiger partial charge is 0.365 e. The molecular weight excluding hydrogens is 314 g/mol. The maximum Gasteiger partial charge on any atom is 0.163 e. The molecule has 4 aromatic rings. The molecule has 0 aliphatic heterocycles. The van der Waals surface area contributed by atoms with Crippen LogP contribution >= 0.6 is 0 Å². The Morgan fingerprint density at radius 3 is 2.68 bits per heavy atom. The Morgan fingerprint density at radius 2 is 1.92 bits per heavy atom. The van der Waals surface area contributed by atoms with Crippen LogP contribution in [0.4, 0.5) is 5.82 Å². The SMILES string of the molecule is Cc1noc(C)c1CNc1nc(-c2cccnc2)nc2ccccc12. The summed E-state index contributed by atoms with van der Waals surface area (Å²) >= 11 is 0. The van der Waals surface area contributed by atoms with Crippen molar-refractivity contribution in [3.05, 3.63) is 65.8 Å². The molecule has 0 amide bonds. The van der Waals surface area contributed by atoms with E-state index >= 15 is 0 Å². The first-order valence-electron chi connectivity index (χ1n) is 8.05. The van der Waals surface area contributed by atoms with Crippen molar-refractivity contribution in [2.24, 2.45) is 0 Å². The number of anilines is 1. The van der Waals surface area contributed by atoms with Crippen molar-refractivity contribution in [2.75, 3.05) is 5.32 Å². The van der Waals surface area contributed by atoms with Crippen molar-refractivity contribution in [1.29, 1.82) is 0 Å². The standard InChI is InChI=1S/C19H17N5O/c1-12-16(13(2)25-24-12)11-21-19-15-7-3-4-8-17(15)22-18(23-19)14-6-5-9-20-10-14/h3-10H,11H2,1-2H3,(H,21,22,23). The van der Waals surface area contributed by atoms with Crippen molar-refractivity contribution < 1.29 is 4.52 Å². The Balaban J connectivity index is 1.76. The number of pyridine rings is 1. The summed E-state index contributed by atoms with van der Waals surface area (Å²) in [5, 5.41) is 8.38. The third-order valence-electron chi connectivity index (χ3n) is 4.14. The topological polar surface area (TPSA) is 76.7 Å². The van der Waals surface area contributed by atoms with Crippen LogP contribution in [0.15, 0.2) is 53.3 Å². The van der Waals surface area contributed by atoms with E-state index in [9.17, 15) is 0 Å². The Bertz CT molecular complexity index is 1010. The molecular formula is C19H17N5O. The maximum absolute atomic E-state index is 5.23. The van der Waals surface area contributed by atoms with Crippen LogP contribution in [0.2, 0.25) is 0 Å². The number of nitrogens with zero attached hydrogens (tertiary/aromatic N) is 4. The molecule has 1 N–H and O–H groups in total. The second-order valence-corrected chi connectivity index (χ2v) is 5.81. The second-order valence-electron chi connectivity index (χ2n) is 5.81. The minimum Gasteiger partial charge on any atom is -0.365 e. The molecule has 0 saturated heterocycles. The molecule has 4 rings (SSSR count). The van der Waals surface area contributed by atoms with Crippen molar-refractivity contribution in [2.45, 2.75) is 20.4 Å². The smallest absolute Gasteiger partial charge is 0.163 e. The van der Waals surface area contributed by atoms with E-state index < -0.39 is 0 Å². The zero-order chi connectivity index (χ0) is 17.2. The molecule has 6 heteroatoms. The molecule has 0 spiro atoms. The van der Waals surface area contributed by atoms with E-state index in [2.05, 4.69) is 20.4 Å². The average molecular weight is 331 g/mol. The molecule has 6 nitrogen and oxygen atoms in total. The summed E-state index contributed by atoms with van der Waals surface area (Å²) < 4.78 is 5.23. The van der Waals surface area contributed by atoms with Gasteiger partial charge in [-0.3, -0.25) is 4.98 Å². The van der Waals surface area contributed by atoms with Gasteiger partial charge in [-0.05, 0) is 38.1 Å². The lowest BCUT2D eigenvalue weighted by molar-refractivity contribution is 0.392. The molecule has 0 saturated carbocycles. The third kappa shape index (κ3) is 2.94. The number of nitrogens with one attached hydrogen (secondary N) is 1. The summed E-state index contributed by atoms with van der Waals surface area (Å²) in [6.45, 7) is 4.44. The lowest BCUT2D eigenvalue weighted by Gasteiger charge is -2.11. The van der Waals surface area contributed by atoms with Crippen LogP contribution in [-0.2, 0) is 6.54 Å². The van der Waals surface area contributed by atoms with Crippen molar-refractivity contribution in [1.82, 2.24) is 20.1 Å². The summed E-state index contributed by atoms with van der Waals surface area (Å²) in [5.74, 6) is 2.24. The van der Waals surface area contributed by atoms with E-state index in [1.807, 2.05) is 50.2 Å². The van der Waals surface area contributed by atoms with Gasteiger partial charge in [0.25, 0.3) is 0 Å². The first kappa shape index (κ1) is 15.3. The Labute approximate surface area is 144 Å². The van der Waals surface area contributed by atoms with Gasteiger partial charge >= 0.3 is 0 Å². The minimum absolute atomic E-state index is 0.592. The molecule has 0 aliphatic carbocycles. The summed E-state index contributed by atoms with van der Waals surface area (Å²) in [7, 11) is 0. The van der Waals surface area contributed by atoms with Crippen LogP contribution in [0.3, 0.4) is 0 Å². The molecule has 124 valence electrons. The van der Waals surface area contributed by atoms with Crippen LogP contribution in [0.5, 0.6) is 0 Å². The molecule has 0 aliphatic rings. The van der Waals surface area contributed by atoms with Gasteiger partial charge in [-0.25, -0.2) is 9.97 Å². The minimum atomic E-state index is 0.592. The number of benzene rings is 1. The first-order chi connectivity index (χ1) is 12.2. The van der Waals surface area contributed by atoms with Gasteiger partial charge in [-0.15, -0.1) is 0 Å². The molecule has 1 aromatic carbocycles. The number of hydrogen-bond acceptors (Lipinski definition) is 6. The van der Waals surface area contributed by atoms with Gasteiger partial charge in [0.2, 0.25) is 0 Å². The number of aryl methyl sites for hydroxylation is 2. The van der Waals surface area contributed by atoms with Crippen molar-refractivity contribution in [3.63, 3.8) is 0 Å². The molecule has 3 heterocycles. The van der Waals surface area contributed by atoms with E-state index in [4.69, 9.17) is 9.51 Å². The first-order valence-corrected chi connectivity index (χ1v) is 8.05. The van der Waals surface area contributed by atoms with E-state index in [0.717, 1.165) is 39.3 Å². The van der Waals surface area contributed by atoms with Crippen LogP contribution in [0.1, 0.15) is 17.0 Å². The Kier molecular flexibility index (Phi) is 3.85. The Morgan fingerprint density at radius 1 is 1.04 bits per heavy atom. The molecule has 0 bridgehead atoms. The number of hydrogen-bond donors (Lipinski definition) is 1. The van der Waals surface area contributed by atoms with Crippen LogP contribution in [-0.4, -0.2) is 20.1 Å². The molecule has 0 fully saturated rings. The van der Waals surface area contributed by atoms with Crippen molar-refractivity contribution in [3.8, 4) is 11.4 Å². The van der Waals surface area contributed by atoms with E-state index in [-0.39, 0.29) is 0 Å². The lowest BCUT2D eigenvalue weighted by atomic mass is 10.2. The van der Waals surface area contributed by atoms with Gasteiger partial charge in [0, 0.05) is 35.5 Å². The highest BCUT2D eigenvalue weighted by Gasteiger charge is 2.12. The number of para-hydroxylation sites is 1. The fourth-order valence-corrected chi connectivity index (χ4v) is 2.76. The monoisotopic (exact) mass is 331 g/mol. The summed E-state index contributed by atoms with van der Waals surface area (Å²) in [5.41, 5.74) is 3.70. The zero-order valence-corrected chi connectivity index (χ0v) is 14.0. The Hall–Kier alpha value is -3.28. The van der Waals surface area contributed by atoms with Gasteiger partial charge in [-0.2, -0.15) is 0 Å². The number of rotatable bonds is 4. The third-order valence-corrected chi connectivity index (χ3v) is 4.14. The summed E-state index contributed by atoms with van der Waals surface area (Å²) in [4.78, 5) is 13.5. The fourth-order valence-electron chi connectivity index (χ4n) is 2.76. The van der Waals surface area contributed by atoms with Gasteiger partial charge in [0.15, 0.2) is 5.82 Å². The van der Waals surface area contributed by atoms with Crippen LogP contribution in [0.25, 0.3) is 22.3 Å². The van der Waals surface area contributed by atoms with Gasteiger partial charge in [0.05, 0.1) is 11.2 Å². The molecule has 25 heavy (non-hydrogen) atoms. The van der Waals surface area contributed by atoms with Crippen molar-refractivity contribution >= 4 is 16.7 Å².